The molecule has 0 bridgehead atoms. The summed E-state index contributed by atoms with van der Waals surface area (Å²) in [6, 6.07) is 7.09. The molecule has 0 atom stereocenters. The summed E-state index contributed by atoms with van der Waals surface area (Å²) in [5.41, 5.74) is 2.02. The van der Waals surface area contributed by atoms with E-state index in [4.69, 9.17) is 27.9 Å². The Labute approximate surface area is 160 Å². The van der Waals surface area contributed by atoms with Gasteiger partial charge in [0.15, 0.2) is 6.73 Å². The average molecular weight is 394 g/mol. The Balaban J connectivity index is 1.56. The van der Waals surface area contributed by atoms with Crippen LogP contribution in [-0.2, 0) is 18.1 Å². The molecule has 7 nitrogen and oxygen atoms in total. The lowest BCUT2D eigenvalue weighted by Crippen LogP contribution is -2.20. The lowest BCUT2D eigenvalue weighted by atomic mass is 10.3. The predicted octanol–water partition coefficient (Wildman–Crippen LogP) is 3.68. The number of hydrogen-bond acceptors (Lipinski definition) is 4. The Hall–Kier alpha value is -2.51. The molecular weight excluding hydrogens is 377 g/mol. The molecule has 0 saturated heterocycles. The molecule has 0 unspecified atom stereocenters. The maximum Gasteiger partial charge on any atom is 0.246 e. The third-order valence-corrected chi connectivity index (χ3v) is 4.45. The summed E-state index contributed by atoms with van der Waals surface area (Å²) in [5, 5.41) is 12.3. The van der Waals surface area contributed by atoms with Crippen LogP contribution in [0.3, 0.4) is 0 Å². The van der Waals surface area contributed by atoms with E-state index < -0.39 is 0 Å². The monoisotopic (exact) mass is 393 g/mol. The number of aromatic nitrogens is 4. The highest BCUT2D eigenvalue weighted by atomic mass is 35.5. The molecule has 0 fully saturated rings. The van der Waals surface area contributed by atoms with Crippen LogP contribution in [0.4, 0.5) is 5.69 Å². The lowest BCUT2D eigenvalue weighted by Gasteiger charge is -2.06. The number of anilines is 1. The van der Waals surface area contributed by atoms with E-state index in [1.54, 1.807) is 52.9 Å². The van der Waals surface area contributed by atoms with E-state index in [1.165, 1.54) is 0 Å². The highest BCUT2D eigenvalue weighted by Gasteiger charge is 2.13. The van der Waals surface area contributed by atoms with Crippen LogP contribution in [0.2, 0.25) is 10.0 Å². The molecule has 3 aromatic rings. The molecule has 9 heteroatoms. The van der Waals surface area contributed by atoms with Gasteiger partial charge in [-0.3, -0.25) is 9.48 Å². The van der Waals surface area contributed by atoms with Gasteiger partial charge in [0.2, 0.25) is 5.91 Å². The van der Waals surface area contributed by atoms with Crippen LogP contribution >= 0.6 is 23.2 Å². The van der Waals surface area contributed by atoms with E-state index in [0.29, 0.717) is 27.2 Å². The zero-order valence-corrected chi connectivity index (χ0v) is 15.8. The number of amides is 1. The number of aryl methyl sites for hydroxylation is 1. The van der Waals surface area contributed by atoms with Crippen molar-refractivity contribution < 1.29 is 9.53 Å². The van der Waals surface area contributed by atoms with E-state index in [0.717, 1.165) is 5.69 Å². The van der Waals surface area contributed by atoms with Crippen LogP contribution < -0.4 is 10.1 Å². The quantitative estimate of drug-likeness (QED) is 0.692. The molecule has 0 radical (unpaired) electrons. The topological polar surface area (TPSA) is 74.0 Å². The normalized spacial score (nSPS) is 10.8. The van der Waals surface area contributed by atoms with Crippen molar-refractivity contribution in [3.05, 3.63) is 58.1 Å². The number of ether oxygens (including phenoxy) is 1. The highest BCUT2D eigenvalue weighted by Crippen LogP contribution is 2.19. The molecule has 1 N–H and O–H groups in total. The van der Waals surface area contributed by atoms with Gasteiger partial charge in [-0.15, -0.1) is 0 Å². The fourth-order valence-corrected chi connectivity index (χ4v) is 2.68. The van der Waals surface area contributed by atoms with Crippen molar-refractivity contribution in [3.63, 3.8) is 0 Å². The van der Waals surface area contributed by atoms with E-state index in [2.05, 4.69) is 15.5 Å². The first kappa shape index (κ1) is 18.3. The summed E-state index contributed by atoms with van der Waals surface area (Å²) in [6.45, 7) is 3.89. The molecule has 0 saturated carbocycles. The van der Waals surface area contributed by atoms with Crippen LogP contribution in [0.15, 0.2) is 36.7 Å². The maximum absolute atomic E-state index is 12.2. The Kier molecular flexibility index (Phi) is 5.49. The fourth-order valence-electron chi connectivity index (χ4n) is 2.36. The molecule has 2 heterocycles. The second kappa shape index (κ2) is 7.80. The Morgan fingerprint density at radius 1 is 1.31 bits per heavy atom. The number of nitrogens with zero attached hydrogens (tertiary/aromatic N) is 4. The maximum atomic E-state index is 12.2. The van der Waals surface area contributed by atoms with Gasteiger partial charge in [0.05, 0.1) is 34.5 Å². The van der Waals surface area contributed by atoms with Crippen LogP contribution in [-0.4, -0.2) is 25.5 Å². The number of rotatable bonds is 6. The summed E-state index contributed by atoms with van der Waals surface area (Å²) < 4.78 is 8.73. The number of hydrogen-bond donors (Lipinski definition) is 1. The van der Waals surface area contributed by atoms with Crippen molar-refractivity contribution in [2.24, 2.45) is 0 Å². The minimum Gasteiger partial charge on any atom is -0.471 e. The molecule has 136 valence electrons. The average Bonchev–Trinajstić information content (AvgIpc) is 3.13. The molecule has 26 heavy (non-hydrogen) atoms. The summed E-state index contributed by atoms with van der Waals surface area (Å²) in [7, 11) is 0. The minimum absolute atomic E-state index is 0.0730. The molecule has 1 aromatic carbocycles. The van der Waals surface area contributed by atoms with E-state index >= 15 is 0 Å². The molecule has 0 spiro atoms. The zero-order chi connectivity index (χ0) is 18.7. The predicted molar refractivity (Wildman–Crippen MR) is 99.6 cm³/mol. The first-order valence-corrected chi connectivity index (χ1v) is 8.58. The van der Waals surface area contributed by atoms with Gasteiger partial charge in [-0.25, -0.2) is 4.68 Å². The van der Waals surface area contributed by atoms with Crippen LogP contribution in [0.1, 0.15) is 11.4 Å². The Bertz CT molecular complexity index is 935. The lowest BCUT2D eigenvalue weighted by molar-refractivity contribution is -0.116. The van der Waals surface area contributed by atoms with Gasteiger partial charge in [-0.2, -0.15) is 10.2 Å². The molecule has 0 aliphatic heterocycles. The molecule has 0 aliphatic rings. The van der Waals surface area contributed by atoms with E-state index in [9.17, 15) is 4.79 Å². The SMILES string of the molecule is Cc1nn(CC(=O)Nc2cnn(COc3cccc(Cl)c3)c2)c(C)c1Cl. The van der Waals surface area contributed by atoms with Gasteiger partial charge in [0.1, 0.15) is 12.3 Å². The summed E-state index contributed by atoms with van der Waals surface area (Å²) in [6.07, 6.45) is 3.23. The van der Waals surface area contributed by atoms with Crippen molar-refractivity contribution in [3.8, 4) is 5.75 Å². The zero-order valence-electron chi connectivity index (χ0n) is 14.2. The number of nitrogens with one attached hydrogen (secondary N) is 1. The van der Waals surface area contributed by atoms with Crippen molar-refractivity contribution in [1.29, 1.82) is 0 Å². The van der Waals surface area contributed by atoms with E-state index in [-0.39, 0.29) is 19.2 Å². The number of carbonyl (C=O) groups excluding carboxylic acids is 1. The number of halogens is 2. The van der Waals surface area contributed by atoms with Gasteiger partial charge in [0.25, 0.3) is 0 Å². The molecule has 2 aromatic heterocycles. The Morgan fingerprint density at radius 3 is 2.81 bits per heavy atom. The number of carbonyl (C=O) groups is 1. The Morgan fingerprint density at radius 2 is 2.12 bits per heavy atom. The highest BCUT2D eigenvalue weighted by molar-refractivity contribution is 6.31. The van der Waals surface area contributed by atoms with Gasteiger partial charge in [-0.1, -0.05) is 29.3 Å². The number of benzene rings is 1. The fraction of sp³-hybridized carbons (Fsp3) is 0.235. The molecular formula is C17H17Cl2N5O2. The van der Waals surface area contributed by atoms with Crippen molar-refractivity contribution >= 4 is 34.8 Å². The van der Waals surface area contributed by atoms with E-state index in [1.807, 2.05) is 6.92 Å². The second-order valence-electron chi connectivity index (χ2n) is 5.69. The molecule has 1 amide bonds. The van der Waals surface area contributed by atoms with Crippen LogP contribution in [0.25, 0.3) is 0 Å². The second-order valence-corrected chi connectivity index (χ2v) is 6.50. The van der Waals surface area contributed by atoms with Gasteiger partial charge in [0, 0.05) is 5.02 Å². The standard InChI is InChI=1S/C17H17Cl2N5O2/c1-11-17(19)12(2)24(22-11)9-16(25)21-14-7-20-23(8-14)10-26-15-5-3-4-13(18)6-15/h3-8H,9-10H2,1-2H3,(H,21,25). The molecule has 3 rings (SSSR count). The first-order chi connectivity index (χ1) is 12.4. The minimum atomic E-state index is -0.220. The van der Waals surface area contributed by atoms with Gasteiger partial charge < -0.3 is 10.1 Å². The summed E-state index contributed by atoms with van der Waals surface area (Å²) >= 11 is 12.0. The van der Waals surface area contributed by atoms with Crippen molar-refractivity contribution in [1.82, 2.24) is 19.6 Å². The van der Waals surface area contributed by atoms with Crippen LogP contribution in [0, 0.1) is 13.8 Å². The first-order valence-electron chi connectivity index (χ1n) is 7.82. The largest absolute Gasteiger partial charge is 0.471 e. The third kappa shape index (κ3) is 4.36. The van der Waals surface area contributed by atoms with Crippen molar-refractivity contribution in [2.75, 3.05) is 5.32 Å². The van der Waals surface area contributed by atoms with Gasteiger partial charge >= 0.3 is 0 Å². The smallest absolute Gasteiger partial charge is 0.246 e. The third-order valence-electron chi connectivity index (χ3n) is 3.66. The molecule has 0 aliphatic carbocycles. The van der Waals surface area contributed by atoms with Crippen LogP contribution in [0.5, 0.6) is 5.75 Å². The summed E-state index contributed by atoms with van der Waals surface area (Å²) in [4.78, 5) is 12.2. The van der Waals surface area contributed by atoms with Gasteiger partial charge in [-0.05, 0) is 32.0 Å². The van der Waals surface area contributed by atoms with Crippen molar-refractivity contribution in [2.45, 2.75) is 27.1 Å². The summed E-state index contributed by atoms with van der Waals surface area (Å²) in [5.74, 6) is 0.419.